The lowest BCUT2D eigenvalue weighted by Crippen LogP contribution is -2.17. The monoisotopic (exact) mass is 334 g/mol. The minimum absolute atomic E-state index is 0.0405. The van der Waals surface area contributed by atoms with Gasteiger partial charge in [0.05, 0.1) is 13.3 Å². The zero-order chi connectivity index (χ0) is 17.0. The molecule has 0 heterocycles. The van der Waals surface area contributed by atoms with Crippen molar-refractivity contribution in [2.45, 2.75) is 6.92 Å². The molecule has 0 spiro atoms. The van der Waals surface area contributed by atoms with Crippen molar-refractivity contribution < 1.29 is 19.7 Å². The summed E-state index contributed by atoms with van der Waals surface area (Å²) in [6.45, 7) is 1.71. The summed E-state index contributed by atoms with van der Waals surface area (Å²) >= 11 is 5.91. The molecule has 0 bridgehead atoms. The summed E-state index contributed by atoms with van der Waals surface area (Å²) in [6.07, 6.45) is 1.30. The van der Waals surface area contributed by atoms with Crippen molar-refractivity contribution in [3.05, 3.63) is 52.0 Å². The van der Waals surface area contributed by atoms with Crippen molar-refractivity contribution in [2.75, 3.05) is 7.11 Å². The average molecular weight is 335 g/mol. The van der Waals surface area contributed by atoms with Gasteiger partial charge in [-0.15, -0.1) is 0 Å². The number of ether oxygens (including phenoxy) is 1. The number of phenolic OH excluding ortho intramolecular Hbond substituents is 2. The van der Waals surface area contributed by atoms with Crippen LogP contribution in [0.5, 0.6) is 17.2 Å². The number of hydrogen-bond acceptors (Lipinski definition) is 5. The largest absolute Gasteiger partial charge is 0.507 e. The van der Waals surface area contributed by atoms with Gasteiger partial charge in [-0.3, -0.25) is 4.79 Å². The molecule has 2 aromatic rings. The Balaban J connectivity index is 2.13. The van der Waals surface area contributed by atoms with E-state index in [9.17, 15) is 15.0 Å². The van der Waals surface area contributed by atoms with Crippen molar-refractivity contribution in [1.29, 1.82) is 0 Å². The standard InChI is InChI=1S/C16H15ClN2O4/c1-9-5-12(17)6-11(15(9)21)8-18-19-16(22)10-3-4-13(20)14(7-10)23-2/h3-8,20-21H,1-2H3,(H,19,22). The van der Waals surface area contributed by atoms with Crippen LogP contribution in [0.25, 0.3) is 0 Å². The van der Waals surface area contributed by atoms with E-state index < -0.39 is 5.91 Å². The number of carbonyl (C=O) groups excluding carboxylic acids is 1. The number of nitrogens with zero attached hydrogens (tertiary/aromatic N) is 1. The molecule has 1 amide bonds. The summed E-state index contributed by atoms with van der Waals surface area (Å²) in [5.41, 5.74) is 3.58. The fourth-order valence-electron chi connectivity index (χ4n) is 1.90. The Morgan fingerprint density at radius 3 is 2.74 bits per heavy atom. The first-order valence-electron chi connectivity index (χ1n) is 6.62. The number of nitrogens with one attached hydrogen (secondary N) is 1. The molecular formula is C16H15ClN2O4. The van der Waals surface area contributed by atoms with Crippen LogP contribution in [0.15, 0.2) is 35.4 Å². The summed E-state index contributed by atoms with van der Waals surface area (Å²) in [5.74, 6) is -0.326. The van der Waals surface area contributed by atoms with Crippen LogP contribution in [0.1, 0.15) is 21.5 Å². The second-order valence-corrected chi connectivity index (χ2v) is 5.18. The zero-order valence-corrected chi connectivity index (χ0v) is 13.3. The van der Waals surface area contributed by atoms with Crippen LogP contribution in [0.2, 0.25) is 5.02 Å². The number of benzene rings is 2. The third-order valence-electron chi connectivity index (χ3n) is 3.11. The molecule has 120 valence electrons. The molecule has 0 aliphatic rings. The molecule has 2 aromatic carbocycles. The first-order chi connectivity index (χ1) is 10.9. The predicted molar refractivity (Wildman–Crippen MR) is 87.6 cm³/mol. The number of rotatable bonds is 4. The molecule has 0 saturated carbocycles. The maximum Gasteiger partial charge on any atom is 0.271 e. The van der Waals surface area contributed by atoms with Crippen molar-refractivity contribution in [3.8, 4) is 17.2 Å². The Morgan fingerprint density at radius 1 is 1.30 bits per heavy atom. The van der Waals surface area contributed by atoms with Gasteiger partial charge in [-0.1, -0.05) is 11.6 Å². The molecule has 0 aliphatic carbocycles. The van der Waals surface area contributed by atoms with E-state index in [2.05, 4.69) is 10.5 Å². The van der Waals surface area contributed by atoms with E-state index in [0.717, 1.165) is 0 Å². The second-order valence-electron chi connectivity index (χ2n) is 4.75. The predicted octanol–water partition coefficient (Wildman–Crippen LogP) is 2.83. The minimum atomic E-state index is -0.488. The van der Waals surface area contributed by atoms with Crippen LogP contribution in [-0.4, -0.2) is 29.4 Å². The van der Waals surface area contributed by atoms with Gasteiger partial charge in [0.1, 0.15) is 5.75 Å². The van der Waals surface area contributed by atoms with Gasteiger partial charge in [-0.05, 0) is 42.8 Å². The normalized spacial score (nSPS) is 10.7. The van der Waals surface area contributed by atoms with Gasteiger partial charge in [0, 0.05) is 16.1 Å². The van der Waals surface area contributed by atoms with E-state index in [1.165, 1.54) is 37.6 Å². The highest BCUT2D eigenvalue weighted by atomic mass is 35.5. The lowest BCUT2D eigenvalue weighted by Gasteiger charge is -2.06. The van der Waals surface area contributed by atoms with Crippen molar-refractivity contribution in [2.24, 2.45) is 5.10 Å². The van der Waals surface area contributed by atoms with Crippen molar-refractivity contribution in [1.82, 2.24) is 5.43 Å². The lowest BCUT2D eigenvalue weighted by atomic mass is 10.1. The van der Waals surface area contributed by atoms with Crippen molar-refractivity contribution >= 4 is 23.7 Å². The molecule has 7 heteroatoms. The number of methoxy groups -OCH3 is 1. The molecule has 0 fully saturated rings. The molecule has 0 aromatic heterocycles. The van der Waals surface area contributed by atoms with Gasteiger partial charge in [0.25, 0.3) is 5.91 Å². The number of amides is 1. The van der Waals surface area contributed by atoms with Crippen LogP contribution in [-0.2, 0) is 0 Å². The third kappa shape index (κ3) is 3.92. The number of hydrazone groups is 1. The Morgan fingerprint density at radius 2 is 2.04 bits per heavy atom. The highest BCUT2D eigenvalue weighted by Gasteiger charge is 2.09. The smallest absolute Gasteiger partial charge is 0.271 e. The fraction of sp³-hybridized carbons (Fsp3) is 0.125. The summed E-state index contributed by atoms with van der Waals surface area (Å²) in [4.78, 5) is 12.0. The number of hydrogen-bond donors (Lipinski definition) is 3. The summed E-state index contributed by atoms with van der Waals surface area (Å²) < 4.78 is 4.94. The van der Waals surface area contributed by atoms with Gasteiger partial charge < -0.3 is 14.9 Å². The van der Waals surface area contributed by atoms with Crippen LogP contribution < -0.4 is 10.2 Å². The molecule has 2 rings (SSSR count). The Bertz CT molecular complexity index is 775. The van der Waals surface area contributed by atoms with E-state index >= 15 is 0 Å². The number of phenols is 2. The summed E-state index contributed by atoms with van der Waals surface area (Å²) in [5, 5.41) is 23.6. The van der Waals surface area contributed by atoms with E-state index in [4.69, 9.17) is 16.3 Å². The van der Waals surface area contributed by atoms with Gasteiger partial charge in [0.2, 0.25) is 0 Å². The van der Waals surface area contributed by atoms with Crippen LogP contribution in [0, 0.1) is 6.92 Å². The molecule has 0 atom stereocenters. The molecule has 0 saturated heterocycles. The second kappa shape index (κ2) is 7.02. The van der Waals surface area contributed by atoms with Gasteiger partial charge in [0.15, 0.2) is 11.5 Å². The molecule has 6 nitrogen and oxygen atoms in total. The fourth-order valence-corrected chi connectivity index (χ4v) is 2.18. The SMILES string of the molecule is COc1cc(C(=O)NN=Cc2cc(Cl)cc(C)c2O)ccc1O. The quantitative estimate of drug-likeness (QED) is 0.592. The maximum atomic E-state index is 12.0. The lowest BCUT2D eigenvalue weighted by molar-refractivity contribution is 0.0954. The molecular weight excluding hydrogens is 320 g/mol. The highest BCUT2D eigenvalue weighted by molar-refractivity contribution is 6.31. The van der Waals surface area contributed by atoms with E-state index in [-0.39, 0.29) is 22.8 Å². The zero-order valence-electron chi connectivity index (χ0n) is 12.5. The number of halogens is 1. The number of aromatic hydroxyl groups is 2. The maximum absolute atomic E-state index is 12.0. The molecule has 3 N–H and O–H groups in total. The van der Waals surface area contributed by atoms with Crippen LogP contribution in [0.3, 0.4) is 0 Å². The average Bonchev–Trinajstić information content (AvgIpc) is 2.52. The van der Waals surface area contributed by atoms with Crippen LogP contribution in [0.4, 0.5) is 0 Å². The Kier molecular flexibility index (Phi) is 5.08. The molecule has 0 aliphatic heterocycles. The first-order valence-corrected chi connectivity index (χ1v) is 6.99. The van der Waals surface area contributed by atoms with Crippen LogP contribution >= 0.6 is 11.6 Å². The molecule has 23 heavy (non-hydrogen) atoms. The number of aryl methyl sites for hydroxylation is 1. The highest BCUT2D eigenvalue weighted by Crippen LogP contribution is 2.26. The molecule has 0 radical (unpaired) electrons. The van der Waals surface area contributed by atoms with Gasteiger partial charge in [-0.25, -0.2) is 5.43 Å². The van der Waals surface area contributed by atoms with E-state index in [0.29, 0.717) is 16.1 Å². The third-order valence-corrected chi connectivity index (χ3v) is 3.32. The van der Waals surface area contributed by atoms with Gasteiger partial charge >= 0.3 is 0 Å². The summed E-state index contributed by atoms with van der Waals surface area (Å²) in [7, 11) is 1.39. The van der Waals surface area contributed by atoms with E-state index in [1.54, 1.807) is 13.0 Å². The Hall–Kier alpha value is -2.73. The Labute approximate surface area is 138 Å². The minimum Gasteiger partial charge on any atom is -0.507 e. The van der Waals surface area contributed by atoms with Gasteiger partial charge in [-0.2, -0.15) is 5.10 Å². The number of carbonyl (C=O) groups is 1. The van der Waals surface area contributed by atoms with E-state index in [1.807, 2.05) is 0 Å². The summed E-state index contributed by atoms with van der Waals surface area (Å²) in [6, 6.07) is 7.33. The molecule has 0 unspecified atom stereocenters. The first kappa shape index (κ1) is 16.6. The van der Waals surface area contributed by atoms with Crippen molar-refractivity contribution in [3.63, 3.8) is 0 Å². The topological polar surface area (TPSA) is 91.2 Å².